The molecule has 2 atom stereocenters. The van der Waals surface area contributed by atoms with Crippen molar-refractivity contribution in [1.82, 2.24) is 15.1 Å². The van der Waals surface area contributed by atoms with Gasteiger partial charge in [0.25, 0.3) is 0 Å². The summed E-state index contributed by atoms with van der Waals surface area (Å²) in [4.78, 5) is 11.0. The van der Waals surface area contributed by atoms with E-state index >= 15 is 0 Å². The van der Waals surface area contributed by atoms with Gasteiger partial charge < -0.3 is 10.4 Å². The summed E-state index contributed by atoms with van der Waals surface area (Å²) in [6.07, 6.45) is 5.08. The highest BCUT2D eigenvalue weighted by Gasteiger charge is 2.18. The zero-order chi connectivity index (χ0) is 12.8. The monoisotopic (exact) mass is 303 g/mol. The Morgan fingerprint density at radius 3 is 2.88 bits per heavy atom. The number of carboxylic acid groups (broad SMARTS) is 1. The Balaban J connectivity index is 2.47. The van der Waals surface area contributed by atoms with Gasteiger partial charge in [0.05, 0.1) is 17.2 Å². The smallest absolute Gasteiger partial charge is 0.320 e. The SMILES string of the molecule is CCCC(NC(C)Cn1cc(Br)cn1)C(=O)O. The molecular weight excluding hydrogens is 286 g/mol. The van der Waals surface area contributed by atoms with E-state index in [-0.39, 0.29) is 6.04 Å². The average Bonchev–Trinajstić information content (AvgIpc) is 2.63. The maximum atomic E-state index is 11.0. The van der Waals surface area contributed by atoms with Crippen molar-refractivity contribution in [3.05, 3.63) is 16.9 Å². The molecule has 6 heteroatoms. The van der Waals surface area contributed by atoms with E-state index in [2.05, 4.69) is 26.3 Å². The van der Waals surface area contributed by atoms with Crippen molar-refractivity contribution in [3.63, 3.8) is 0 Å². The van der Waals surface area contributed by atoms with Crippen LogP contribution in [-0.4, -0.2) is 32.9 Å². The predicted molar refractivity (Wildman–Crippen MR) is 68.9 cm³/mol. The third-order valence-electron chi connectivity index (χ3n) is 2.42. The molecule has 0 saturated heterocycles. The molecular formula is C11H18BrN3O2. The summed E-state index contributed by atoms with van der Waals surface area (Å²) in [7, 11) is 0. The van der Waals surface area contributed by atoms with E-state index < -0.39 is 12.0 Å². The molecule has 0 bridgehead atoms. The zero-order valence-electron chi connectivity index (χ0n) is 10.1. The Morgan fingerprint density at radius 1 is 1.71 bits per heavy atom. The normalized spacial score (nSPS) is 14.5. The minimum Gasteiger partial charge on any atom is -0.480 e. The lowest BCUT2D eigenvalue weighted by Gasteiger charge is -2.19. The molecule has 1 rings (SSSR count). The molecule has 0 aromatic carbocycles. The van der Waals surface area contributed by atoms with Gasteiger partial charge >= 0.3 is 5.97 Å². The number of rotatable bonds is 7. The van der Waals surface area contributed by atoms with Crippen molar-refractivity contribution in [1.29, 1.82) is 0 Å². The number of nitrogens with one attached hydrogen (secondary N) is 1. The number of carboxylic acids is 1. The number of hydrogen-bond acceptors (Lipinski definition) is 3. The van der Waals surface area contributed by atoms with E-state index in [4.69, 9.17) is 5.11 Å². The van der Waals surface area contributed by atoms with E-state index in [0.717, 1.165) is 10.9 Å². The van der Waals surface area contributed by atoms with Crippen molar-refractivity contribution >= 4 is 21.9 Å². The van der Waals surface area contributed by atoms with Gasteiger partial charge in [0.1, 0.15) is 6.04 Å². The molecule has 1 heterocycles. The number of nitrogens with zero attached hydrogens (tertiary/aromatic N) is 2. The highest BCUT2D eigenvalue weighted by Crippen LogP contribution is 2.07. The standard InChI is InChI=1S/C11H18BrN3O2/c1-3-4-10(11(16)17)14-8(2)6-15-7-9(12)5-13-15/h5,7-8,10,14H,3-4,6H2,1-2H3,(H,16,17). The minimum atomic E-state index is -0.791. The maximum Gasteiger partial charge on any atom is 0.320 e. The van der Waals surface area contributed by atoms with Crippen molar-refractivity contribution in [2.45, 2.75) is 45.3 Å². The van der Waals surface area contributed by atoms with Gasteiger partial charge in [0.2, 0.25) is 0 Å². The second-order valence-corrected chi connectivity index (χ2v) is 5.04. The zero-order valence-corrected chi connectivity index (χ0v) is 11.6. The van der Waals surface area contributed by atoms with Crippen LogP contribution in [-0.2, 0) is 11.3 Å². The number of halogens is 1. The highest BCUT2D eigenvalue weighted by molar-refractivity contribution is 9.10. The molecule has 0 amide bonds. The summed E-state index contributed by atoms with van der Waals surface area (Å²) in [6.45, 7) is 4.59. The first-order valence-corrected chi connectivity index (χ1v) is 6.49. The van der Waals surface area contributed by atoms with Crippen LogP contribution in [0.15, 0.2) is 16.9 Å². The fourth-order valence-corrected chi connectivity index (χ4v) is 2.01. The molecule has 2 N–H and O–H groups in total. The summed E-state index contributed by atoms with van der Waals surface area (Å²) in [6, 6.07) is -0.413. The van der Waals surface area contributed by atoms with Gasteiger partial charge in [-0.2, -0.15) is 5.10 Å². The lowest BCUT2D eigenvalue weighted by molar-refractivity contribution is -0.139. The van der Waals surface area contributed by atoms with E-state index in [1.165, 1.54) is 0 Å². The van der Waals surface area contributed by atoms with Gasteiger partial charge in [-0.05, 0) is 29.3 Å². The van der Waals surface area contributed by atoms with E-state index in [0.29, 0.717) is 13.0 Å². The Labute approximate surface area is 109 Å². The molecule has 2 unspecified atom stereocenters. The van der Waals surface area contributed by atoms with Gasteiger partial charge in [0.15, 0.2) is 0 Å². The van der Waals surface area contributed by atoms with Crippen molar-refractivity contribution in [2.24, 2.45) is 0 Å². The van der Waals surface area contributed by atoms with Gasteiger partial charge in [-0.3, -0.25) is 9.48 Å². The van der Waals surface area contributed by atoms with Crippen LogP contribution in [0.1, 0.15) is 26.7 Å². The Bertz CT molecular complexity index is 367. The molecule has 0 radical (unpaired) electrons. The van der Waals surface area contributed by atoms with Gasteiger partial charge in [0, 0.05) is 12.2 Å². The quantitative estimate of drug-likeness (QED) is 0.807. The fourth-order valence-electron chi connectivity index (χ4n) is 1.68. The average molecular weight is 304 g/mol. The Kier molecular flexibility index (Phi) is 5.64. The largest absolute Gasteiger partial charge is 0.480 e. The summed E-state index contributed by atoms with van der Waals surface area (Å²) in [5.74, 6) is -0.791. The Morgan fingerprint density at radius 2 is 2.41 bits per heavy atom. The van der Waals surface area contributed by atoms with Crippen molar-refractivity contribution < 1.29 is 9.90 Å². The molecule has 1 aromatic rings. The van der Waals surface area contributed by atoms with Crippen molar-refractivity contribution in [2.75, 3.05) is 0 Å². The highest BCUT2D eigenvalue weighted by atomic mass is 79.9. The van der Waals surface area contributed by atoms with Gasteiger partial charge in [-0.15, -0.1) is 0 Å². The second-order valence-electron chi connectivity index (χ2n) is 4.13. The molecule has 0 saturated carbocycles. The van der Waals surface area contributed by atoms with Crippen molar-refractivity contribution in [3.8, 4) is 0 Å². The number of carbonyl (C=O) groups is 1. The fraction of sp³-hybridized carbons (Fsp3) is 0.636. The predicted octanol–water partition coefficient (Wildman–Crippen LogP) is 1.88. The topological polar surface area (TPSA) is 67.2 Å². The molecule has 1 aromatic heterocycles. The first-order valence-electron chi connectivity index (χ1n) is 5.69. The van der Waals surface area contributed by atoms with E-state index in [1.54, 1.807) is 10.9 Å². The van der Waals surface area contributed by atoms with Crippen LogP contribution < -0.4 is 5.32 Å². The van der Waals surface area contributed by atoms with Crippen LogP contribution in [0.5, 0.6) is 0 Å². The third kappa shape index (κ3) is 4.87. The first-order chi connectivity index (χ1) is 8.02. The molecule has 0 fully saturated rings. The summed E-state index contributed by atoms with van der Waals surface area (Å²) in [5.41, 5.74) is 0. The van der Waals surface area contributed by atoms with Crippen LogP contribution >= 0.6 is 15.9 Å². The molecule has 0 aliphatic heterocycles. The summed E-state index contributed by atoms with van der Waals surface area (Å²) in [5, 5.41) is 16.3. The maximum absolute atomic E-state index is 11.0. The molecule has 17 heavy (non-hydrogen) atoms. The summed E-state index contributed by atoms with van der Waals surface area (Å²) < 4.78 is 2.71. The number of aliphatic carboxylic acids is 1. The molecule has 0 spiro atoms. The lowest BCUT2D eigenvalue weighted by Crippen LogP contribution is -2.43. The van der Waals surface area contributed by atoms with Crippen LogP contribution in [0.4, 0.5) is 0 Å². The number of aromatic nitrogens is 2. The third-order valence-corrected chi connectivity index (χ3v) is 2.83. The minimum absolute atomic E-state index is 0.0643. The van der Waals surface area contributed by atoms with Crippen LogP contribution in [0, 0.1) is 0 Å². The molecule has 5 nitrogen and oxygen atoms in total. The van der Waals surface area contributed by atoms with Gasteiger partial charge in [-0.25, -0.2) is 0 Å². The van der Waals surface area contributed by atoms with Crippen LogP contribution in [0.3, 0.4) is 0 Å². The molecule has 0 aliphatic carbocycles. The first kappa shape index (κ1) is 14.2. The van der Waals surface area contributed by atoms with Gasteiger partial charge in [-0.1, -0.05) is 13.3 Å². The van der Waals surface area contributed by atoms with E-state index in [9.17, 15) is 4.79 Å². The molecule has 96 valence electrons. The lowest BCUT2D eigenvalue weighted by atomic mass is 10.1. The van der Waals surface area contributed by atoms with E-state index in [1.807, 2.05) is 20.0 Å². The van der Waals surface area contributed by atoms with Crippen LogP contribution in [0.25, 0.3) is 0 Å². The Hall–Kier alpha value is -0.880. The number of hydrogen-bond donors (Lipinski definition) is 2. The summed E-state index contributed by atoms with van der Waals surface area (Å²) >= 11 is 3.32. The second kappa shape index (κ2) is 6.76. The van der Waals surface area contributed by atoms with Crippen LogP contribution in [0.2, 0.25) is 0 Å². The molecule has 0 aliphatic rings.